The first-order valence-corrected chi connectivity index (χ1v) is 4.23. The van der Waals surface area contributed by atoms with Gasteiger partial charge in [0.05, 0.1) is 15.6 Å². The first-order valence-electron chi connectivity index (χ1n) is 3.47. The predicted molar refractivity (Wildman–Crippen MR) is 51.5 cm³/mol. The highest BCUT2D eigenvalue weighted by Gasteiger charge is 2.14. The lowest BCUT2D eigenvalue weighted by atomic mass is 10.1. The summed E-state index contributed by atoms with van der Waals surface area (Å²) in [5, 5.41) is 0.993. The smallest absolute Gasteiger partial charge is 0.247 e. The molecule has 0 radical (unpaired) electrons. The van der Waals surface area contributed by atoms with Crippen molar-refractivity contribution in [3.63, 3.8) is 0 Å². The van der Waals surface area contributed by atoms with Gasteiger partial charge in [-0.3, -0.25) is 0 Å². The Morgan fingerprint density at radius 1 is 1.42 bits per heavy atom. The number of rotatable bonds is 1. The maximum atomic E-state index is 6.84. The van der Waals surface area contributed by atoms with Gasteiger partial charge in [-0.1, -0.05) is 29.3 Å². The maximum Gasteiger partial charge on any atom is 0.247 e. The predicted octanol–water partition coefficient (Wildman–Crippen LogP) is 3.97. The van der Waals surface area contributed by atoms with Crippen LogP contribution in [0.4, 0.5) is 0 Å². The Bertz CT molecular complexity index is 328. The Balaban J connectivity index is 3.18. The van der Waals surface area contributed by atoms with Gasteiger partial charge < -0.3 is 4.85 Å². The van der Waals surface area contributed by atoms with Gasteiger partial charge in [0.2, 0.25) is 6.04 Å². The minimum atomic E-state index is -0.226. The molecule has 0 aliphatic carbocycles. The molecule has 0 heterocycles. The summed E-state index contributed by atoms with van der Waals surface area (Å²) >= 11 is 11.7. The number of hydrogen-bond acceptors (Lipinski definition) is 0. The van der Waals surface area contributed by atoms with Crippen molar-refractivity contribution in [3.05, 3.63) is 45.2 Å². The average molecular weight is 200 g/mol. The number of hydrogen-bond donors (Lipinski definition) is 0. The summed E-state index contributed by atoms with van der Waals surface area (Å²) in [6.07, 6.45) is 0. The van der Waals surface area contributed by atoms with E-state index in [9.17, 15) is 0 Å². The lowest BCUT2D eigenvalue weighted by Crippen LogP contribution is -1.88. The van der Waals surface area contributed by atoms with E-state index in [1.54, 1.807) is 19.1 Å². The van der Waals surface area contributed by atoms with Gasteiger partial charge in [0.15, 0.2) is 0 Å². The Morgan fingerprint density at radius 2 is 2.08 bits per heavy atom. The van der Waals surface area contributed by atoms with Gasteiger partial charge in [-0.2, -0.15) is 0 Å². The second kappa shape index (κ2) is 3.80. The Kier molecular flexibility index (Phi) is 2.97. The zero-order valence-corrected chi connectivity index (χ0v) is 8.02. The third-order valence-electron chi connectivity index (χ3n) is 1.63. The molecule has 0 aliphatic rings. The Hall–Kier alpha value is -0.710. The molecule has 0 spiro atoms. The monoisotopic (exact) mass is 199 g/mol. The molecular formula is C9H7Cl2N. The van der Waals surface area contributed by atoms with Crippen molar-refractivity contribution in [1.82, 2.24) is 0 Å². The zero-order chi connectivity index (χ0) is 9.14. The summed E-state index contributed by atoms with van der Waals surface area (Å²) in [4.78, 5) is 3.37. The molecule has 0 aliphatic heterocycles. The van der Waals surface area contributed by atoms with Crippen LogP contribution in [0.25, 0.3) is 4.85 Å². The molecule has 3 heteroatoms. The van der Waals surface area contributed by atoms with Gasteiger partial charge in [-0.15, -0.1) is 0 Å². The molecule has 0 saturated carbocycles. The highest BCUT2D eigenvalue weighted by atomic mass is 35.5. The molecule has 1 unspecified atom stereocenters. The van der Waals surface area contributed by atoms with Crippen LogP contribution in [0, 0.1) is 6.57 Å². The first-order chi connectivity index (χ1) is 5.66. The van der Waals surface area contributed by atoms with E-state index in [-0.39, 0.29) is 6.04 Å². The van der Waals surface area contributed by atoms with Gasteiger partial charge in [0.1, 0.15) is 0 Å². The van der Waals surface area contributed by atoms with Gasteiger partial charge >= 0.3 is 0 Å². The van der Waals surface area contributed by atoms with Gasteiger partial charge in [0, 0.05) is 6.92 Å². The van der Waals surface area contributed by atoms with Gasteiger partial charge in [-0.25, -0.2) is 6.57 Å². The average Bonchev–Trinajstić information content (AvgIpc) is 2.08. The second-order valence-electron chi connectivity index (χ2n) is 2.45. The van der Waals surface area contributed by atoms with Crippen molar-refractivity contribution in [2.45, 2.75) is 13.0 Å². The van der Waals surface area contributed by atoms with Crippen molar-refractivity contribution in [2.24, 2.45) is 0 Å². The van der Waals surface area contributed by atoms with E-state index in [0.717, 1.165) is 5.56 Å². The molecule has 0 fully saturated rings. The second-order valence-corrected chi connectivity index (χ2v) is 3.23. The van der Waals surface area contributed by atoms with Crippen LogP contribution in [0.3, 0.4) is 0 Å². The van der Waals surface area contributed by atoms with Crippen LogP contribution >= 0.6 is 23.2 Å². The zero-order valence-electron chi connectivity index (χ0n) is 6.51. The minimum absolute atomic E-state index is 0.226. The molecule has 0 aromatic heterocycles. The summed E-state index contributed by atoms with van der Waals surface area (Å²) in [5.74, 6) is 0. The van der Waals surface area contributed by atoms with E-state index >= 15 is 0 Å². The maximum absolute atomic E-state index is 6.84. The lowest BCUT2D eigenvalue weighted by Gasteiger charge is -2.03. The van der Waals surface area contributed by atoms with Crippen LogP contribution < -0.4 is 0 Å². The van der Waals surface area contributed by atoms with Crippen LogP contribution in [0.5, 0.6) is 0 Å². The van der Waals surface area contributed by atoms with Gasteiger partial charge in [0.25, 0.3) is 0 Å². The standard InChI is InChI=1S/C9H7Cl2N/c1-6(12-2)7-4-3-5-8(10)9(7)11/h3-6H,1H3. The highest BCUT2D eigenvalue weighted by molar-refractivity contribution is 6.42. The molecule has 0 amide bonds. The highest BCUT2D eigenvalue weighted by Crippen LogP contribution is 2.31. The van der Waals surface area contributed by atoms with E-state index in [1.165, 1.54) is 0 Å². The van der Waals surface area contributed by atoms with Gasteiger partial charge in [-0.05, 0) is 12.1 Å². The molecule has 62 valence electrons. The van der Waals surface area contributed by atoms with Crippen molar-refractivity contribution >= 4 is 23.2 Å². The summed E-state index contributed by atoms with van der Waals surface area (Å²) in [6.45, 7) is 8.63. The third kappa shape index (κ3) is 1.72. The summed E-state index contributed by atoms with van der Waals surface area (Å²) in [5.41, 5.74) is 0.791. The van der Waals surface area contributed by atoms with Crippen molar-refractivity contribution in [3.8, 4) is 0 Å². The van der Waals surface area contributed by atoms with Crippen LogP contribution in [-0.4, -0.2) is 0 Å². The summed E-state index contributed by atoms with van der Waals surface area (Å²) in [7, 11) is 0. The fourth-order valence-corrected chi connectivity index (χ4v) is 1.38. The summed E-state index contributed by atoms with van der Waals surface area (Å²) < 4.78 is 0. The van der Waals surface area contributed by atoms with Crippen LogP contribution in [0.1, 0.15) is 18.5 Å². The molecule has 1 nitrogen and oxygen atoms in total. The molecule has 1 atom stereocenters. The molecule has 0 saturated heterocycles. The van der Waals surface area contributed by atoms with E-state index < -0.39 is 0 Å². The topological polar surface area (TPSA) is 4.36 Å². The van der Waals surface area contributed by atoms with Crippen molar-refractivity contribution < 1.29 is 0 Å². The lowest BCUT2D eigenvalue weighted by molar-refractivity contribution is 0.962. The van der Waals surface area contributed by atoms with E-state index in [0.29, 0.717) is 10.0 Å². The number of halogens is 2. The Morgan fingerprint density at radius 3 is 2.67 bits per heavy atom. The minimum Gasteiger partial charge on any atom is -0.309 e. The van der Waals surface area contributed by atoms with E-state index in [2.05, 4.69) is 4.85 Å². The quantitative estimate of drug-likeness (QED) is 0.604. The van der Waals surface area contributed by atoms with Crippen LogP contribution in [-0.2, 0) is 0 Å². The van der Waals surface area contributed by atoms with Crippen molar-refractivity contribution in [1.29, 1.82) is 0 Å². The Labute approximate surface area is 81.7 Å². The first kappa shape index (κ1) is 9.38. The molecule has 1 rings (SSSR count). The van der Waals surface area contributed by atoms with E-state index in [1.807, 2.05) is 6.07 Å². The molecule has 1 aromatic carbocycles. The van der Waals surface area contributed by atoms with Crippen LogP contribution in [0.15, 0.2) is 18.2 Å². The SMILES string of the molecule is [C-]#[N+]C(C)c1cccc(Cl)c1Cl. The van der Waals surface area contributed by atoms with E-state index in [4.69, 9.17) is 29.8 Å². The third-order valence-corrected chi connectivity index (χ3v) is 2.46. The van der Waals surface area contributed by atoms with Crippen LogP contribution in [0.2, 0.25) is 10.0 Å². The molecule has 12 heavy (non-hydrogen) atoms. The number of benzene rings is 1. The fraction of sp³-hybridized carbons (Fsp3) is 0.222. The number of nitrogens with zero attached hydrogens (tertiary/aromatic N) is 1. The molecular weight excluding hydrogens is 193 g/mol. The fourth-order valence-electron chi connectivity index (χ4n) is 0.913. The largest absolute Gasteiger partial charge is 0.309 e. The summed E-state index contributed by atoms with van der Waals surface area (Å²) in [6, 6.07) is 5.10. The normalized spacial score (nSPS) is 12.2. The molecule has 1 aromatic rings. The molecule has 0 bridgehead atoms. The van der Waals surface area contributed by atoms with Crippen molar-refractivity contribution in [2.75, 3.05) is 0 Å². The molecule has 0 N–H and O–H groups in total.